The van der Waals surface area contributed by atoms with Crippen LogP contribution in [0, 0.1) is 4.91 Å². The number of nitrogens with zero attached hydrogens (tertiary/aromatic N) is 2. The first-order valence-corrected chi connectivity index (χ1v) is 10.1. The third-order valence-corrected chi connectivity index (χ3v) is 5.33. The number of rotatable bonds is 7. The molecule has 0 aliphatic carbocycles. The van der Waals surface area contributed by atoms with E-state index in [1.54, 1.807) is 24.3 Å². The second kappa shape index (κ2) is 9.89. The van der Waals surface area contributed by atoms with E-state index in [0.29, 0.717) is 35.2 Å². The summed E-state index contributed by atoms with van der Waals surface area (Å²) in [7, 11) is 0. The molecule has 0 aliphatic rings. The molecule has 6 nitrogen and oxygen atoms in total. The van der Waals surface area contributed by atoms with Gasteiger partial charge in [0.15, 0.2) is 0 Å². The Hall–Kier alpha value is -2.67. The van der Waals surface area contributed by atoms with Gasteiger partial charge in [-0.25, -0.2) is 0 Å². The SMILES string of the molecule is O=NC(=O)c1ccc(CCn2c(CNc3cccc(Cl)c3)c(Cl)cc(Cl)c2=O)cc1. The van der Waals surface area contributed by atoms with Crippen molar-refractivity contribution in [3.63, 3.8) is 0 Å². The number of hydrogen-bond acceptors (Lipinski definition) is 4. The number of amides is 1. The molecule has 30 heavy (non-hydrogen) atoms. The van der Waals surface area contributed by atoms with E-state index < -0.39 is 5.91 Å². The number of benzene rings is 2. The number of carbonyl (C=O) groups excluding carboxylic acids is 1. The Labute approximate surface area is 187 Å². The van der Waals surface area contributed by atoms with Crippen LogP contribution in [0.2, 0.25) is 15.1 Å². The molecule has 0 aliphatic heterocycles. The molecule has 1 heterocycles. The van der Waals surface area contributed by atoms with E-state index in [0.717, 1.165) is 11.3 Å². The summed E-state index contributed by atoms with van der Waals surface area (Å²) in [4.78, 5) is 34.3. The van der Waals surface area contributed by atoms with Gasteiger partial charge in [0, 0.05) is 28.0 Å². The number of aromatic nitrogens is 1. The van der Waals surface area contributed by atoms with Crippen LogP contribution in [0.1, 0.15) is 21.6 Å². The Morgan fingerprint density at radius 3 is 2.40 bits per heavy atom. The summed E-state index contributed by atoms with van der Waals surface area (Å²) >= 11 is 18.4. The average molecular weight is 465 g/mol. The Bertz CT molecular complexity index is 1140. The minimum absolute atomic E-state index is 0.0320. The van der Waals surface area contributed by atoms with Crippen molar-refractivity contribution >= 4 is 46.4 Å². The monoisotopic (exact) mass is 463 g/mol. The normalized spacial score (nSPS) is 10.6. The largest absolute Gasteiger partial charge is 0.379 e. The molecular weight excluding hydrogens is 449 g/mol. The molecule has 0 saturated carbocycles. The Morgan fingerprint density at radius 2 is 1.73 bits per heavy atom. The topological polar surface area (TPSA) is 80.5 Å². The second-order valence-electron chi connectivity index (χ2n) is 6.45. The highest BCUT2D eigenvalue weighted by Gasteiger charge is 2.13. The molecule has 0 bridgehead atoms. The van der Waals surface area contributed by atoms with Crippen molar-refractivity contribution in [3.8, 4) is 0 Å². The molecule has 0 unspecified atom stereocenters. The van der Waals surface area contributed by atoms with Crippen LogP contribution in [0.5, 0.6) is 0 Å². The highest BCUT2D eigenvalue weighted by molar-refractivity contribution is 6.34. The predicted molar refractivity (Wildman–Crippen MR) is 120 cm³/mol. The molecule has 0 fully saturated rings. The number of hydrogen-bond donors (Lipinski definition) is 1. The van der Waals surface area contributed by atoms with Gasteiger partial charge in [-0.05, 0) is 48.4 Å². The molecule has 0 atom stereocenters. The summed E-state index contributed by atoms with van der Waals surface area (Å²) in [6.07, 6.45) is 0.490. The molecule has 1 N–H and O–H groups in total. The van der Waals surface area contributed by atoms with Crippen molar-refractivity contribution < 1.29 is 4.79 Å². The molecule has 9 heteroatoms. The molecule has 2 aromatic carbocycles. The van der Waals surface area contributed by atoms with Crippen LogP contribution in [0.15, 0.2) is 64.6 Å². The summed E-state index contributed by atoms with van der Waals surface area (Å²) in [5.74, 6) is -0.825. The summed E-state index contributed by atoms with van der Waals surface area (Å²) in [5, 5.41) is 6.59. The lowest BCUT2D eigenvalue weighted by molar-refractivity contribution is 0.100. The molecule has 3 rings (SSSR count). The van der Waals surface area contributed by atoms with Gasteiger partial charge >= 0.3 is 5.91 Å². The van der Waals surface area contributed by atoms with Gasteiger partial charge in [0.05, 0.1) is 17.3 Å². The Morgan fingerprint density at radius 1 is 1.00 bits per heavy atom. The van der Waals surface area contributed by atoms with E-state index >= 15 is 0 Å². The fraction of sp³-hybridized carbons (Fsp3) is 0.143. The second-order valence-corrected chi connectivity index (χ2v) is 7.70. The standard InChI is InChI=1S/C21H16Cl3N3O3/c22-15-2-1-3-16(10-15)25-12-19-17(23)11-18(24)21(29)27(19)9-8-13-4-6-14(7-5-13)20(28)26-30/h1-7,10-11,25H,8-9,12H2. The minimum atomic E-state index is -0.825. The third kappa shape index (κ3) is 5.27. The summed E-state index contributed by atoms with van der Waals surface area (Å²) in [6.45, 7) is 0.620. The van der Waals surface area contributed by atoms with E-state index in [2.05, 4.69) is 10.5 Å². The van der Waals surface area contributed by atoms with Crippen molar-refractivity contribution in [2.75, 3.05) is 5.32 Å². The number of halogens is 3. The zero-order valence-electron chi connectivity index (χ0n) is 15.6. The first-order chi connectivity index (χ1) is 14.4. The van der Waals surface area contributed by atoms with Gasteiger partial charge in [-0.15, -0.1) is 4.91 Å². The maximum atomic E-state index is 12.6. The quantitative estimate of drug-likeness (QED) is 0.464. The lowest BCUT2D eigenvalue weighted by atomic mass is 10.1. The zero-order chi connectivity index (χ0) is 21.7. The van der Waals surface area contributed by atoms with Gasteiger partial charge < -0.3 is 9.88 Å². The van der Waals surface area contributed by atoms with Crippen molar-refractivity contribution in [1.82, 2.24) is 4.57 Å². The number of nitroso groups, excluding NO2 is 1. The molecule has 0 radical (unpaired) electrons. The summed E-state index contributed by atoms with van der Waals surface area (Å²) in [5.41, 5.74) is 2.11. The van der Waals surface area contributed by atoms with E-state index in [1.165, 1.54) is 22.8 Å². The van der Waals surface area contributed by atoms with Crippen molar-refractivity contribution in [1.29, 1.82) is 0 Å². The molecule has 1 aromatic heterocycles. The van der Waals surface area contributed by atoms with E-state index in [9.17, 15) is 14.5 Å². The van der Waals surface area contributed by atoms with Crippen molar-refractivity contribution in [2.24, 2.45) is 5.18 Å². The Kier molecular flexibility index (Phi) is 7.26. The molecule has 0 spiro atoms. The average Bonchev–Trinajstić information content (AvgIpc) is 2.74. The maximum absolute atomic E-state index is 12.6. The molecule has 154 valence electrons. The molecular formula is C21H16Cl3N3O3. The number of pyridine rings is 1. The highest BCUT2D eigenvalue weighted by Crippen LogP contribution is 2.21. The number of nitrogens with one attached hydrogen (secondary N) is 1. The van der Waals surface area contributed by atoms with Crippen molar-refractivity contribution in [3.05, 3.63) is 102 Å². The number of aryl methyl sites for hydroxylation is 1. The molecule has 3 aromatic rings. The minimum Gasteiger partial charge on any atom is -0.379 e. The van der Waals surface area contributed by atoms with Crippen LogP contribution < -0.4 is 10.9 Å². The van der Waals surface area contributed by atoms with E-state index in [4.69, 9.17) is 34.8 Å². The first-order valence-electron chi connectivity index (χ1n) is 8.93. The number of carbonyl (C=O) groups is 1. The fourth-order valence-corrected chi connectivity index (χ4v) is 3.68. The summed E-state index contributed by atoms with van der Waals surface area (Å²) in [6, 6.07) is 15.1. The van der Waals surface area contributed by atoms with Gasteiger partial charge in [0.25, 0.3) is 5.56 Å². The van der Waals surface area contributed by atoms with Crippen molar-refractivity contribution in [2.45, 2.75) is 19.5 Å². The first kappa shape index (κ1) is 22.0. The van der Waals surface area contributed by atoms with Gasteiger partial charge in [-0.1, -0.05) is 53.0 Å². The van der Waals surface area contributed by atoms with Gasteiger partial charge in [0.1, 0.15) is 5.02 Å². The van der Waals surface area contributed by atoms with Gasteiger partial charge in [-0.3, -0.25) is 9.59 Å². The number of anilines is 1. The highest BCUT2D eigenvalue weighted by atomic mass is 35.5. The maximum Gasteiger partial charge on any atom is 0.316 e. The van der Waals surface area contributed by atoms with Crippen LogP contribution in [-0.4, -0.2) is 10.5 Å². The van der Waals surface area contributed by atoms with E-state index in [-0.39, 0.29) is 16.1 Å². The Balaban J connectivity index is 1.81. The molecule has 1 amide bonds. The smallest absolute Gasteiger partial charge is 0.316 e. The van der Waals surface area contributed by atoms with E-state index in [1.807, 2.05) is 12.1 Å². The lowest BCUT2D eigenvalue weighted by Crippen LogP contribution is -2.26. The fourth-order valence-electron chi connectivity index (χ4n) is 2.94. The van der Waals surface area contributed by atoms with Crippen LogP contribution in [0.3, 0.4) is 0 Å². The van der Waals surface area contributed by atoms with Crippen LogP contribution in [0.25, 0.3) is 0 Å². The predicted octanol–water partition coefficient (Wildman–Crippen LogP) is 5.57. The lowest BCUT2D eigenvalue weighted by Gasteiger charge is -2.16. The van der Waals surface area contributed by atoms with Gasteiger partial charge in [0.2, 0.25) is 0 Å². The zero-order valence-corrected chi connectivity index (χ0v) is 17.8. The van der Waals surface area contributed by atoms with Gasteiger partial charge in [-0.2, -0.15) is 0 Å². The molecule has 0 saturated heterocycles. The van der Waals surface area contributed by atoms with Crippen LogP contribution in [0.4, 0.5) is 5.69 Å². The summed E-state index contributed by atoms with van der Waals surface area (Å²) < 4.78 is 1.52. The third-order valence-electron chi connectivity index (χ3n) is 4.50. The van der Waals surface area contributed by atoms with Crippen LogP contribution in [-0.2, 0) is 19.5 Å². The van der Waals surface area contributed by atoms with Crippen LogP contribution >= 0.6 is 34.8 Å².